The molecule has 4 heteroatoms. The summed E-state index contributed by atoms with van der Waals surface area (Å²) < 4.78 is 1.59. The predicted molar refractivity (Wildman–Crippen MR) is 72.8 cm³/mol. The largest absolute Gasteiger partial charge is 0.292 e. The molecule has 0 N–H and O–H groups in total. The average Bonchev–Trinajstić information content (AvgIpc) is 2.78. The lowest BCUT2D eigenvalue weighted by atomic mass is 9.51. The summed E-state index contributed by atoms with van der Waals surface area (Å²) in [6.45, 7) is 0. The van der Waals surface area contributed by atoms with Gasteiger partial charge in [0.25, 0.3) is 0 Å². The molecule has 0 aliphatic heterocycles. The number of Topliss-reactive ketones (excluding diaryl/α,β-unsaturated/α-hetero) is 1. The van der Waals surface area contributed by atoms with E-state index in [4.69, 9.17) is 0 Å². The monoisotopic (exact) mass is 269 g/mol. The van der Waals surface area contributed by atoms with E-state index in [1.54, 1.807) is 11.7 Å². The van der Waals surface area contributed by atoms with Crippen LogP contribution in [0.2, 0.25) is 0 Å². The maximum absolute atomic E-state index is 13.0. The molecule has 20 heavy (non-hydrogen) atoms. The van der Waals surface area contributed by atoms with Gasteiger partial charge in [0, 0.05) is 13.0 Å². The topological polar surface area (TPSA) is 58.7 Å². The molecule has 4 fully saturated rings. The molecule has 4 saturated carbocycles. The molecule has 4 aliphatic carbocycles. The Kier molecular flexibility index (Phi) is 2.54. The Bertz CT molecular complexity index is 582. The highest BCUT2D eigenvalue weighted by Gasteiger charge is 2.51. The van der Waals surface area contributed by atoms with Crippen molar-refractivity contribution < 1.29 is 4.79 Å². The number of nitriles is 1. The molecule has 4 aliphatic rings. The SMILES string of the molecule is Cn1ncc(C#N)c1C(=O)C1C2CC3CC(C2)CC1C3. The zero-order chi connectivity index (χ0) is 13.9. The molecule has 1 heterocycles. The van der Waals surface area contributed by atoms with E-state index in [9.17, 15) is 10.1 Å². The van der Waals surface area contributed by atoms with Gasteiger partial charge in [-0.3, -0.25) is 9.48 Å². The first-order chi connectivity index (χ1) is 9.67. The Morgan fingerprint density at radius 1 is 1.25 bits per heavy atom. The third kappa shape index (κ3) is 1.59. The summed E-state index contributed by atoms with van der Waals surface area (Å²) in [5, 5.41) is 13.3. The van der Waals surface area contributed by atoms with Gasteiger partial charge in [-0.1, -0.05) is 0 Å². The van der Waals surface area contributed by atoms with Crippen molar-refractivity contribution in [3.05, 3.63) is 17.5 Å². The summed E-state index contributed by atoms with van der Waals surface area (Å²) >= 11 is 0. The van der Waals surface area contributed by atoms with Crippen LogP contribution in [0.4, 0.5) is 0 Å². The fraction of sp³-hybridized carbons (Fsp3) is 0.688. The minimum absolute atomic E-state index is 0.144. The van der Waals surface area contributed by atoms with Gasteiger partial charge in [0.05, 0.1) is 6.20 Å². The lowest BCUT2D eigenvalue weighted by molar-refractivity contribution is -0.0254. The molecule has 0 saturated heterocycles. The van der Waals surface area contributed by atoms with E-state index in [-0.39, 0.29) is 11.7 Å². The van der Waals surface area contributed by atoms with Crippen molar-refractivity contribution in [2.45, 2.75) is 32.1 Å². The number of carbonyl (C=O) groups is 1. The molecular formula is C16H19N3O. The fourth-order valence-electron chi connectivity index (χ4n) is 5.32. The van der Waals surface area contributed by atoms with Gasteiger partial charge in [0.2, 0.25) is 0 Å². The van der Waals surface area contributed by atoms with Crippen LogP contribution in [0, 0.1) is 40.9 Å². The first-order valence-corrected chi connectivity index (χ1v) is 7.63. The molecule has 4 nitrogen and oxygen atoms in total. The Morgan fingerprint density at radius 3 is 2.40 bits per heavy atom. The third-order valence-electron chi connectivity index (χ3n) is 5.82. The standard InChI is InChI=1S/C16H19N3O/c1-19-15(13(7-17)8-18-19)16(20)14-11-3-9-2-10(5-11)6-12(14)4-9/h8-12,14H,2-6H2,1H3. The van der Waals surface area contributed by atoms with Crippen LogP contribution in [0.1, 0.15) is 48.2 Å². The van der Waals surface area contributed by atoms with Crippen LogP contribution in [0.25, 0.3) is 0 Å². The van der Waals surface area contributed by atoms with Crippen LogP contribution < -0.4 is 0 Å². The van der Waals surface area contributed by atoms with E-state index < -0.39 is 0 Å². The summed E-state index contributed by atoms with van der Waals surface area (Å²) in [6, 6.07) is 2.12. The van der Waals surface area contributed by atoms with E-state index in [1.807, 2.05) is 0 Å². The average molecular weight is 269 g/mol. The van der Waals surface area contributed by atoms with Crippen molar-refractivity contribution in [1.82, 2.24) is 9.78 Å². The molecule has 0 amide bonds. The van der Waals surface area contributed by atoms with E-state index >= 15 is 0 Å². The second kappa shape index (κ2) is 4.18. The number of ketones is 1. The quantitative estimate of drug-likeness (QED) is 0.775. The number of rotatable bonds is 2. The maximum atomic E-state index is 13.0. The van der Waals surface area contributed by atoms with Gasteiger partial charge in [-0.15, -0.1) is 0 Å². The lowest BCUT2D eigenvalue weighted by Gasteiger charge is -2.53. The maximum Gasteiger partial charge on any atom is 0.185 e. The number of aryl methyl sites for hydroxylation is 1. The highest BCUT2D eigenvalue weighted by atomic mass is 16.1. The minimum atomic E-state index is 0.144. The van der Waals surface area contributed by atoms with Crippen LogP contribution in [0.15, 0.2) is 6.20 Å². The van der Waals surface area contributed by atoms with E-state index in [1.165, 1.54) is 38.3 Å². The molecule has 0 radical (unpaired) electrons. The second-order valence-corrected chi connectivity index (χ2v) is 6.96. The zero-order valence-electron chi connectivity index (χ0n) is 11.7. The third-order valence-corrected chi connectivity index (χ3v) is 5.82. The summed E-state index contributed by atoms with van der Waals surface area (Å²) in [5.41, 5.74) is 0.969. The van der Waals surface area contributed by atoms with E-state index in [2.05, 4.69) is 11.2 Å². The highest BCUT2D eigenvalue weighted by molar-refractivity contribution is 5.99. The van der Waals surface area contributed by atoms with Crippen LogP contribution in [0.5, 0.6) is 0 Å². The van der Waals surface area contributed by atoms with Crippen molar-refractivity contribution in [3.63, 3.8) is 0 Å². The Morgan fingerprint density at radius 2 is 1.85 bits per heavy atom. The predicted octanol–water partition coefficient (Wildman–Crippen LogP) is 2.55. The number of hydrogen-bond donors (Lipinski definition) is 0. The van der Waals surface area contributed by atoms with Crippen LogP contribution in [0.3, 0.4) is 0 Å². The number of nitrogens with zero attached hydrogens (tertiary/aromatic N) is 3. The number of carbonyl (C=O) groups excluding carboxylic acids is 1. The fourth-order valence-corrected chi connectivity index (χ4v) is 5.32. The van der Waals surface area contributed by atoms with Gasteiger partial charge < -0.3 is 0 Å². The first-order valence-electron chi connectivity index (χ1n) is 7.63. The minimum Gasteiger partial charge on any atom is -0.292 e. The first kappa shape index (κ1) is 12.1. The van der Waals surface area contributed by atoms with Gasteiger partial charge in [-0.25, -0.2) is 0 Å². The van der Waals surface area contributed by atoms with Crippen molar-refractivity contribution in [2.75, 3.05) is 0 Å². The van der Waals surface area contributed by atoms with Crippen LogP contribution in [-0.4, -0.2) is 15.6 Å². The molecule has 4 bridgehead atoms. The molecule has 0 spiro atoms. The van der Waals surface area contributed by atoms with Crippen molar-refractivity contribution >= 4 is 5.78 Å². The van der Waals surface area contributed by atoms with Gasteiger partial charge in [-0.05, 0) is 55.8 Å². The molecule has 1 aromatic heterocycles. The Labute approximate surface area is 118 Å². The van der Waals surface area contributed by atoms with Gasteiger partial charge in [-0.2, -0.15) is 10.4 Å². The van der Waals surface area contributed by atoms with Gasteiger partial charge in [0.15, 0.2) is 5.78 Å². The second-order valence-electron chi connectivity index (χ2n) is 6.96. The van der Waals surface area contributed by atoms with E-state index in [0.29, 0.717) is 23.1 Å². The van der Waals surface area contributed by atoms with Crippen molar-refractivity contribution in [2.24, 2.45) is 36.6 Å². The summed E-state index contributed by atoms with van der Waals surface area (Å²) in [5.74, 6) is 3.16. The summed E-state index contributed by atoms with van der Waals surface area (Å²) in [4.78, 5) is 13.0. The molecule has 1 aromatic rings. The van der Waals surface area contributed by atoms with E-state index in [0.717, 1.165) is 11.8 Å². The normalized spacial score (nSPS) is 37.9. The Hall–Kier alpha value is -1.63. The van der Waals surface area contributed by atoms with Gasteiger partial charge >= 0.3 is 0 Å². The smallest absolute Gasteiger partial charge is 0.185 e. The molecule has 104 valence electrons. The van der Waals surface area contributed by atoms with Gasteiger partial charge in [0.1, 0.15) is 17.3 Å². The lowest BCUT2D eigenvalue weighted by Crippen LogP contribution is -2.48. The molecular weight excluding hydrogens is 250 g/mol. The summed E-state index contributed by atoms with van der Waals surface area (Å²) in [7, 11) is 1.77. The Balaban J connectivity index is 1.69. The number of hydrogen-bond acceptors (Lipinski definition) is 3. The number of aromatic nitrogens is 2. The van der Waals surface area contributed by atoms with Crippen molar-refractivity contribution in [3.8, 4) is 6.07 Å². The molecule has 0 atom stereocenters. The molecule has 0 aromatic carbocycles. The van der Waals surface area contributed by atoms with Crippen LogP contribution >= 0.6 is 0 Å². The zero-order valence-corrected chi connectivity index (χ0v) is 11.7. The molecule has 0 unspecified atom stereocenters. The molecule has 5 rings (SSSR count). The summed E-state index contributed by atoms with van der Waals surface area (Å²) in [6.07, 6.45) is 7.81. The van der Waals surface area contributed by atoms with Crippen molar-refractivity contribution in [1.29, 1.82) is 5.26 Å². The van der Waals surface area contributed by atoms with Crippen LogP contribution in [-0.2, 0) is 7.05 Å². The highest BCUT2D eigenvalue weighted by Crippen LogP contribution is 2.57.